The molecule has 2 aliphatic heterocycles. The van der Waals surface area contributed by atoms with Gasteiger partial charge in [0.25, 0.3) is 5.91 Å². The highest BCUT2D eigenvalue weighted by molar-refractivity contribution is 6.09. The topological polar surface area (TPSA) is 121 Å². The lowest BCUT2D eigenvalue weighted by Crippen LogP contribution is -2.45. The molecule has 1 aromatic carbocycles. The molecule has 0 bridgehead atoms. The molecule has 0 unspecified atom stereocenters. The fourth-order valence-corrected chi connectivity index (χ4v) is 4.50. The second-order valence-corrected chi connectivity index (χ2v) is 9.44. The minimum atomic E-state index is -0.722. The van der Waals surface area contributed by atoms with Crippen LogP contribution in [-0.2, 0) is 16.6 Å². The number of ether oxygens (including phenoxy) is 1. The highest BCUT2D eigenvalue weighted by Crippen LogP contribution is 2.18. The number of benzene rings is 1. The van der Waals surface area contributed by atoms with Crippen molar-refractivity contribution in [1.82, 2.24) is 24.9 Å². The van der Waals surface area contributed by atoms with Crippen molar-refractivity contribution in [3.05, 3.63) is 41.7 Å². The highest BCUT2D eigenvalue weighted by Gasteiger charge is 2.30. The molecule has 3 amide bonds. The number of hydrogen-bond donors (Lipinski definition) is 2. The Morgan fingerprint density at radius 2 is 1.81 bits per heavy atom. The lowest BCUT2D eigenvalue weighted by Gasteiger charge is -2.25. The second kappa shape index (κ2) is 11.9. The summed E-state index contributed by atoms with van der Waals surface area (Å²) in [6.07, 6.45) is 4.12. The Morgan fingerprint density at radius 1 is 1.11 bits per heavy atom. The number of aromatic nitrogens is 2. The fraction of sp³-hybridized carbons (Fsp3) is 0.500. The summed E-state index contributed by atoms with van der Waals surface area (Å²) >= 11 is 0. The third-order valence-electron chi connectivity index (χ3n) is 6.75. The van der Waals surface area contributed by atoms with Gasteiger partial charge in [-0.15, -0.1) is 0 Å². The molecule has 198 valence electrons. The zero-order chi connectivity index (χ0) is 26.4. The summed E-state index contributed by atoms with van der Waals surface area (Å²) in [5.74, 6) is 0.164. The van der Waals surface area contributed by atoms with Crippen molar-refractivity contribution < 1.29 is 19.1 Å². The summed E-state index contributed by atoms with van der Waals surface area (Å²) in [5.41, 5.74) is 1.75. The molecule has 0 spiro atoms. The molecule has 11 nitrogen and oxygen atoms in total. The van der Waals surface area contributed by atoms with Crippen LogP contribution in [0.15, 0.2) is 35.3 Å². The molecule has 1 atom stereocenters. The van der Waals surface area contributed by atoms with Crippen LogP contribution in [-0.4, -0.2) is 82.6 Å². The molecule has 4 rings (SSSR count). The van der Waals surface area contributed by atoms with Crippen molar-refractivity contribution in [3.8, 4) is 5.75 Å². The maximum Gasteiger partial charge on any atom is 0.278 e. The molecule has 11 heteroatoms. The lowest BCUT2D eigenvalue weighted by molar-refractivity contribution is -0.140. The predicted molar refractivity (Wildman–Crippen MR) is 139 cm³/mol. The molecule has 2 fully saturated rings. The van der Waals surface area contributed by atoms with Gasteiger partial charge in [0.05, 0.1) is 13.7 Å². The van der Waals surface area contributed by atoms with Gasteiger partial charge in [-0.2, -0.15) is 5.10 Å². The Kier molecular flexibility index (Phi) is 8.42. The minimum Gasteiger partial charge on any atom is -0.497 e. The molecule has 0 radical (unpaired) electrons. The molecule has 2 aromatic rings. The van der Waals surface area contributed by atoms with Crippen LogP contribution in [0.25, 0.3) is 0 Å². The van der Waals surface area contributed by atoms with Crippen LogP contribution >= 0.6 is 0 Å². The van der Waals surface area contributed by atoms with E-state index < -0.39 is 11.9 Å². The van der Waals surface area contributed by atoms with Crippen LogP contribution in [0.4, 0.5) is 5.69 Å². The normalized spacial score (nSPS) is 18.5. The van der Waals surface area contributed by atoms with Gasteiger partial charge in [0, 0.05) is 38.1 Å². The average molecular weight is 510 g/mol. The number of nitrogens with one attached hydrogen (secondary N) is 2. The van der Waals surface area contributed by atoms with Gasteiger partial charge in [-0.3, -0.25) is 24.4 Å². The molecule has 2 aliphatic rings. The molecular formula is C26H35N7O4. The van der Waals surface area contributed by atoms with Crippen molar-refractivity contribution in [2.75, 3.05) is 38.6 Å². The van der Waals surface area contributed by atoms with E-state index in [4.69, 9.17) is 4.74 Å². The van der Waals surface area contributed by atoms with Gasteiger partial charge < -0.3 is 19.9 Å². The van der Waals surface area contributed by atoms with Crippen LogP contribution in [0.2, 0.25) is 0 Å². The Morgan fingerprint density at radius 3 is 2.46 bits per heavy atom. The third kappa shape index (κ3) is 6.66. The van der Waals surface area contributed by atoms with Crippen LogP contribution in [0.3, 0.4) is 0 Å². The van der Waals surface area contributed by atoms with Crippen molar-refractivity contribution in [3.63, 3.8) is 0 Å². The van der Waals surface area contributed by atoms with Crippen LogP contribution in [0.5, 0.6) is 5.75 Å². The molecule has 3 heterocycles. The maximum atomic E-state index is 13.4. The number of carbonyl (C=O) groups is 3. The molecule has 37 heavy (non-hydrogen) atoms. The van der Waals surface area contributed by atoms with Crippen molar-refractivity contribution in [2.24, 2.45) is 12.0 Å². The molecule has 0 aliphatic carbocycles. The van der Waals surface area contributed by atoms with Gasteiger partial charge in [0.2, 0.25) is 17.8 Å². The number of guanidine groups is 1. The third-order valence-corrected chi connectivity index (χ3v) is 6.75. The van der Waals surface area contributed by atoms with Crippen LogP contribution in [0, 0.1) is 6.92 Å². The first kappa shape index (κ1) is 26.2. The first-order valence-electron chi connectivity index (χ1n) is 12.7. The number of nitrogens with zero attached hydrogens (tertiary/aromatic N) is 5. The number of aryl methyl sites for hydroxylation is 2. The second-order valence-electron chi connectivity index (χ2n) is 9.44. The number of aliphatic imine (C=N–C) groups is 1. The summed E-state index contributed by atoms with van der Waals surface area (Å²) in [5, 5.41) is 10.1. The van der Waals surface area contributed by atoms with Crippen molar-refractivity contribution in [2.45, 2.75) is 45.1 Å². The Labute approximate surface area is 216 Å². The van der Waals surface area contributed by atoms with E-state index in [0.29, 0.717) is 24.4 Å². The van der Waals surface area contributed by atoms with Crippen molar-refractivity contribution >= 4 is 29.4 Å². The van der Waals surface area contributed by atoms with Gasteiger partial charge in [0.1, 0.15) is 11.8 Å². The summed E-state index contributed by atoms with van der Waals surface area (Å²) in [6, 6.07) is 8.12. The maximum absolute atomic E-state index is 13.4. The lowest BCUT2D eigenvalue weighted by atomic mass is 10.1. The van der Waals surface area contributed by atoms with Crippen LogP contribution in [0.1, 0.15) is 48.3 Å². The Bertz CT molecular complexity index is 1130. The van der Waals surface area contributed by atoms with E-state index in [0.717, 1.165) is 44.5 Å². The Balaban J connectivity index is 1.55. The summed E-state index contributed by atoms with van der Waals surface area (Å²) < 4.78 is 6.84. The van der Waals surface area contributed by atoms with E-state index >= 15 is 0 Å². The largest absolute Gasteiger partial charge is 0.497 e. The zero-order valence-electron chi connectivity index (χ0n) is 21.7. The monoisotopic (exact) mass is 509 g/mol. The molecular weight excluding hydrogens is 474 g/mol. The number of anilines is 1. The van der Waals surface area contributed by atoms with Gasteiger partial charge in [-0.25, -0.2) is 4.99 Å². The zero-order valence-corrected chi connectivity index (χ0v) is 21.7. The van der Waals surface area contributed by atoms with E-state index in [1.165, 1.54) is 0 Å². The van der Waals surface area contributed by atoms with E-state index in [9.17, 15) is 14.4 Å². The van der Waals surface area contributed by atoms with E-state index in [2.05, 4.69) is 20.7 Å². The van der Waals surface area contributed by atoms with Gasteiger partial charge >= 0.3 is 0 Å². The smallest absolute Gasteiger partial charge is 0.278 e. The van der Waals surface area contributed by atoms with E-state index in [1.807, 2.05) is 11.8 Å². The number of carbonyl (C=O) groups excluding carboxylic acids is 3. The fourth-order valence-electron chi connectivity index (χ4n) is 4.50. The molecule has 2 saturated heterocycles. The summed E-state index contributed by atoms with van der Waals surface area (Å²) in [6.45, 7) is 3.93. The molecule has 2 N–H and O–H groups in total. The predicted octanol–water partition coefficient (Wildman–Crippen LogP) is 1.94. The minimum absolute atomic E-state index is 0.0223. The number of likely N-dealkylation sites (tertiary alicyclic amines) is 2. The number of methoxy groups -OCH3 is 1. The Hall–Kier alpha value is -3.89. The highest BCUT2D eigenvalue weighted by atomic mass is 16.5. The molecule has 0 saturated carbocycles. The van der Waals surface area contributed by atoms with E-state index in [-0.39, 0.29) is 30.0 Å². The summed E-state index contributed by atoms with van der Waals surface area (Å²) in [7, 11) is 3.35. The van der Waals surface area contributed by atoms with Crippen molar-refractivity contribution in [1.29, 1.82) is 0 Å². The first-order chi connectivity index (χ1) is 17.8. The first-order valence-corrected chi connectivity index (χ1v) is 12.7. The van der Waals surface area contributed by atoms with Gasteiger partial charge in [-0.1, -0.05) is 0 Å². The SMILES string of the molecule is COc1ccc(NC(=N[C@H]2CCCCN(CC(=O)N3CCCC3)C2=O)NC(=O)c2cc(C)n(C)n2)cc1. The van der Waals surface area contributed by atoms with E-state index in [1.54, 1.807) is 54.1 Å². The average Bonchev–Trinajstić information content (AvgIpc) is 3.51. The standard InChI is InChI=1S/C26H35N7O4/c1-18-16-22(30-31(18)2)24(35)29-26(27-19-9-11-20(37-3)12-10-19)28-21-8-4-5-15-33(25(21)36)17-23(34)32-13-6-7-14-32/h9-12,16,21H,4-8,13-15,17H2,1-3H3,(H2,27,28,29,35)/t21-/m0/s1. The van der Waals surface area contributed by atoms with Gasteiger partial charge in [-0.05, 0) is 69.4 Å². The van der Waals surface area contributed by atoms with Crippen LogP contribution < -0.4 is 15.4 Å². The number of amides is 3. The summed E-state index contributed by atoms with van der Waals surface area (Å²) in [4.78, 5) is 47.3. The van der Waals surface area contributed by atoms with Gasteiger partial charge in [0.15, 0.2) is 5.69 Å². The molecule has 1 aromatic heterocycles. The number of rotatable bonds is 6. The number of hydrogen-bond acceptors (Lipinski definition) is 6. The quantitative estimate of drug-likeness (QED) is 0.454.